The van der Waals surface area contributed by atoms with Crippen molar-refractivity contribution in [2.24, 2.45) is 5.92 Å². The Bertz CT molecular complexity index is 246. The van der Waals surface area contributed by atoms with E-state index in [1.54, 1.807) is 0 Å². The van der Waals surface area contributed by atoms with Crippen molar-refractivity contribution in [2.45, 2.75) is 24.9 Å². The molecular formula is C11H19NO4. The highest BCUT2D eigenvalue weighted by Crippen LogP contribution is 2.33. The SMILES string of the molecule is CC1COC2(CNC2C2COCCO2)OC1. The summed E-state index contributed by atoms with van der Waals surface area (Å²) in [7, 11) is 0. The van der Waals surface area contributed by atoms with E-state index < -0.39 is 5.79 Å². The molecule has 1 spiro atoms. The van der Waals surface area contributed by atoms with Crippen LogP contribution in [0.1, 0.15) is 6.92 Å². The third-order valence-electron chi connectivity index (χ3n) is 3.48. The maximum Gasteiger partial charge on any atom is 0.199 e. The van der Waals surface area contributed by atoms with Gasteiger partial charge in [-0.3, -0.25) is 0 Å². The van der Waals surface area contributed by atoms with E-state index in [2.05, 4.69) is 12.2 Å². The Hall–Kier alpha value is -0.200. The van der Waals surface area contributed by atoms with Gasteiger partial charge < -0.3 is 24.3 Å². The molecule has 0 saturated carbocycles. The van der Waals surface area contributed by atoms with Crippen LogP contribution in [-0.4, -0.2) is 57.5 Å². The highest BCUT2D eigenvalue weighted by Gasteiger charge is 2.55. The van der Waals surface area contributed by atoms with Gasteiger partial charge >= 0.3 is 0 Å². The van der Waals surface area contributed by atoms with Gasteiger partial charge in [0.1, 0.15) is 6.10 Å². The van der Waals surface area contributed by atoms with E-state index in [1.165, 1.54) is 0 Å². The summed E-state index contributed by atoms with van der Waals surface area (Å²) < 4.78 is 22.8. The summed E-state index contributed by atoms with van der Waals surface area (Å²) in [4.78, 5) is 0. The largest absolute Gasteiger partial charge is 0.376 e. The molecule has 5 nitrogen and oxygen atoms in total. The van der Waals surface area contributed by atoms with Gasteiger partial charge in [0, 0.05) is 5.92 Å². The Labute approximate surface area is 95.4 Å². The fraction of sp³-hybridized carbons (Fsp3) is 1.00. The molecule has 5 heteroatoms. The third kappa shape index (κ3) is 1.76. The molecule has 2 unspecified atom stereocenters. The number of ether oxygens (including phenoxy) is 4. The van der Waals surface area contributed by atoms with Crippen molar-refractivity contribution in [3.05, 3.63) is 0 Å². The summed E-state index contributed by atoms with van der Waals surface area (Å²) in [6.45, 7) is 6.40. The molecule has 0 aromatic rings. The Morgan fingerprint density at radius 2 is 1.94 bits per heavy atom. The smallest absolute Gasteiger partial charge is 0.199 e. The van der Waals surface area contributed by atoms with Crippen molar-refractivity contribution in [1.29, 1.82) is 0 Å². The summed E-state index contributed by atoms with van der Waals surface area (Å²) in [6, 6.07) is 0.111. The van der Waals surface area contributed by atoms with Crippen molar-refractivity contribution >= 4 is 0 Å². The van der Waals surface area contributed by atoms with Crippen LogP contribution in [0.3, 0.4) is 0 Å². The van der Waals surface area contributed by atoms with Crippen molar-refractivity contribution in [1.82, 2.24) is 5.32 Å². The monoisotopic (exact) mass is 229 g/mol. The lowest BCUT2D eigenvalue weighted by molar-refractivity contribution is -0.339. The number of nitrogens with one attached hydrogen (secondary N) is 1. The molecule has 3 rings (SSSR count). The molecule has 2 atom stereocenters. The molecule has 92 valence electrons. The van der Waals surface area contributed by atoms with E-state index in [1.807, 2.05) is 0 Å². The fourth-order valence-corrected chi connectivity index (χ4v) is 2.44. The first-order valence-electron chi connectivity index (χ1n) is 6.01. The molecule has 0 aromatic carbocycles. The minimum Gasteiger partial charge on any atom is -0.376 e. The highest BCUT2D eigenvalue weighted by atomic mass is 16.7. The van der Waals surface area contributed by atoms with Gasteiger partial charge in [-0.2, -0.15) is 0 Å². The second-order valence-corrected chi connectivity index (χ2v) is 4.88. The van der Waals surface area contributed by atoms with Gasteiger partial charge in [-0.05, 0) is 0 Å². The van der Waals surface area contributed by atoms with E-state index in [0.29, 0.717) is 25.7 Å². The van der Waals surface area contributed by atoms with Crippen LogP contribution in [-0.2, 0) is 18.9 Å². The normalized spacial score (nSPS) is 48.9. The van der Waals surface area contributed by atoms with Crippen molar-refractivity contribution in [2.75, 3.05) is 39.6 Å². The predicted octanol–water partition coefficient (Wildman–Crippen LogP) is -0.247. The first kappa shape index (κ1) is 10.9. The Kier molecular flexibility index (Phi) is 2.89. The van der Waals surface area contributed by atoms with Crippen molar-refractivity contribution in [3.8, 4) is 0 Å². The number of hydrogen-bond acceptors (Lipinski definition) is 5. The molecule has 16 heavy (non-hydrogen) atoms. The van der Waals surface area contributed by atoms with Gasteiger partial charge in [-0.15, -0.1) is 0 Å². The third-order valence-corrected chi connectivity index (χ3v) is 3.48. The first-order chi connectivity index (χ1) is 7.80. The van der Waals surface area contributed by atoms with E-state index in [-0.39, 0.29) is 12.1 Å². The summed E-state index contributed by atoms with van der Waals surface area (Å²) in [5.74, 6) is 0.0214. The lowest BCUT2D eigenvalue weighted by atomic mass is 9.91. The number of hydrogen-bond donors (Lipinski definition) is 1. The molecule has 0 radical (unpaired) electrons. The van der Waals surface area contributed by atoms with Crippen LogP contribution in [0.2, 0.25) is 0 Å². The van der Waals surface area contributed by atoms with Crippen LogP contribution in [0.15, 0.2) is 0 Å². The second kappa shape index (κ2) is 4.23. The molecule has 3 aliphatic rings. The van der Waals surface area contributed by atoms with Gasteiger partial charge in [0.05, 0.1) is 45.6 Å². The van der Waals surface area contributed by atoms with Crippen LogP contribution in [0, 0.1) is 5.92 Å². The molecule has 0 bridgehead atoms. The molecule has 3 saturated heterocycles. The molecule has 1 N–H and O–H groups in total. The molecule has 3 heterocycles. The minimum absolute atomic E-state index is 0.0518. The Morgan fingerprint density at radius 3 is 2.50 bits per heavy atom. The second-order valence-electron chi connectivity index (χ2n) is 4.88. The quantitative estimate of drug-likeness (QED) is 0.672. The van der Waals surface area contributed by atoms with Crippen LogP contribution in [0.5, 0.6) is 0 Å². The zero-order chi connectivity index (χ0) is 11.0. The first-order valence-corrected chi connectivity index (χ1v) is 6.01. The van der Waals surface area contributed by atoms with Crippen molar-refractivity contribution in [3.63, 3.8) is 0 Å². The molecule has 0 aromatic heterocycles. The van der Waals surface area contributed by atoms with Gasteiger partial charge in [0.2, 0.25) is 0 Å². The molecule has 3 fully saturated rings. The van der Waals surface area contributed by atoms with Crippen LogP contribution < -0.4 is 5.32 Å². The number of rotatable bonds is 1. The fourth-order valence-electron chi connectivity index (χ4n) is 2.44. The highest BCUT2D eigenvalue weighted by molar-refractivity contribution is 5.04. The van der Waals surface area contributed by atoms with E-state index in [0.717, 1.165) is 19.8 Å². The van der Waals surface area contributed by atoms with Crippen LogP contribution in [0.4, 0.5) is 0 Å². The molecule has 0 aliphatic carbocycles. The van der Waals surface area contributed by atoms with Gasteiger partial charge in [-0.1, -0.05) is 6.92 Å². The summed E-state index contributed by atoms with van der Waals surface area (Å²) in [6.07, 6.45) is 0.0518. The topological polar surface area (TPSA) is 49.0 Å². The van der Waals surface area contributed by atoms with Crippen molar-refractivity contribution < 1.29 is 18.9 Å². The van der Waals surface area contributed by atoms with Gasteiger partial charge in [0.15, 0.2) is 5.79 Å². The molecular weight excluding hydrogens is 210 g/mol. The summed E-state index contributed by atoms with van der Waals surface area (Å²) >= 11 is 0. The van der Waals surface area contributed by atoms with Crippen LogP contribution in [0.25, 0.3) is 0 Å². The Morgan fingerprint density at radius 1 is 1.12 bits per heavy atom. The predicted molar refractivity (Wildman–Crippen MR) is 56.1 cm³/mol. The van der Waals surface area contributed by atoms with E-state index in [9.17, 15) is 0 Å². The van der Waals surface area contributed by atoms with E-state index >= 15 is 0 Å². The average Bonchev–Trinajstić information content (AvgIpc) is 2.30. The summed E-state index contributed by atoms with van der Waals surface area (Å²) in [5, 5.41) is 3.34. The van der Waals surface area contributed by atoms with Gasteiger partial charge in [0.25, 0.3) is 0 Å². The standard InChI is InChI=1S/C11H19NO4/c1-8-4-15-11(16-5-8)7-12-10(11)9-6-13-2-3-14-9/h8-10,12H,2-7H2,1H3. The zero-order valence-electron chi connectivity index (χ0n) is 9.61. The summed E-state index contributed by atoms with van der Waals surface area (Å²) in [5.41, 5.74) is 0. The Balaban J connectivity index is 1.63. The maximum atomic E-state index is 5.86. The van der Waals surface area contributed by atoms with E-state index in [4.69, 9.17) is 18.9 Å². The maximum absolute atomic E-state index is 5.86. The van der Waals surface area contributed by atoms with Crippen LogP contribution >= 0.6 is 0 Å². The van der Waals surface area contributed by atoms with Gasteiger partial charge in [-0.25, -0.2) is 0 Å². The zero-order valence-corrected chi connectivity index (χ0v) is 9.61. The molecule has 3 aliphatic heterocycles. The average molecular weight is 229 g/mol. The minimum atomic E-state index is -0.460. The molecule has 0 amide bonds. The lowest BCUT2D eigenvalue weighted by Gasteiger charge is -2.54. The lowest BCUT2D eigenvalue weighted by Crippen LogP contribution is -2.77.